The number of hydrogen-bond acceptors (Lipinski definition) is 2. The molecule has 0 amide bonds. The summed E-state index contributed by atoms with van der Waals surface area (Å²) < 4.78 is 0.622. The fraction of sp³-hybridized carbons (Fsp3) is 0.500. The van der Waals surface area contributed by atoms with Gasteiger partial charge in [-0.05, 0) is 52.4 Å². The summed E-state index contributed by atoms with van der Waals surface area (Å²) in [7, 11) is 0. The third kappa shape index (κ3) is 3.05. The van der Waals surface area contributed by atoms with Crippen LogP contribution in [-0.4, -0.2) is 17.6 Å². The van der Waals surface area contributed by atoms with E-state index in [4.69, 9.17) is 5.11 Å². The molecular formula is C14H18BrNO2. The van der Waals surface area contributed by atoms with E-state index in [0.29, 0.717) is 15.5 Å². The van der Waals surface area contributed by atoms with E-state index >= 15 is 0 Å². The van der Waals surface area contributed by atoms with E-state index in [2.05, 4.69) is 28.2 Å². The molecule has 1 fully saturated rings. The lowest BCUT2D eigenvalue weighted by molar-refractivity contribution is 0.0696. The van der Waals surface area contributed by atoms with Crippen LogP contribution in [0.1, 0.15) is 43.0 Å². The zero-order valence-electron chi connectivity index (χ0n) is 10.5. The van der Waals surface area contributed by atoms with Gasteiger partial charge in [0.1, 0.15) is 0 Å². The van der Waals surface area contributed by atoms with Gasteiger partial charge in [0.2, 0.25) is 0 Å². The zero-order valence-corrected chi connectivity index (χ0v) is 12.1. The van der Waals surface area contributed by atoms with Gasteiger partial charge in [0.15, 0.2) is 0 Å². The summed E-state index contributed by atoms with van der Waals surface area (Å²) in [6.45, 7) is 3.26. The number of carbonyl (C=O) groups is 1. The number of benzene rings is 1. The summed E-state index contributed by atoms with van der Waals surface area (Å²) in [5, 5.41) is 12.4. The summed E-state index contributed by atoms with van der Waals surface area (Å²) in [4.78, 5) is 10.9. The summed E-state index contributed by atoms with van der Waals surface area (Å²) in [5.41, 5.74) is 1.66. The maximum atomic E-state index is 10.9. The fourth-order valence-corrected chi connectivity index (χ4v) is 3.07. The second-order valence-corrected chi connectivity index (χ2v) is 6.23. The lowest BCUT2D eigenvalue weighted by Gasteiger charge is -2.24. The van der Waals surface area contributed by atoms with Crippen molar-refractivity contribution in [2.45, 2.75) is 32.6 Å². The van der Waals surface area contributed by atoms with Gasteiger partial charge in [0.25, 0.3) is 0 Å². The molecular weight excluding hydrogens is 294 g/mol. The number of anilines is 1. The Hall–Kier alpha value is -1.03. The highest BCUT2D eigenvalue weighted by Crippen LogP contribution is 2.37. The fourth-order valence-electron chi connectivity index (χ4n) is 2.52. The Kier molecular flexibility index (Phi) is 3.95. The molecule has 0 radical (unpaired) electrons. The number of hydrogen-bond donors (Lipinski definition) is 2. The van der Waals surface area contributed by atoms with Crippen LogP contribution in [0.2, 0.25) is 0 Å². The molecule has 4 heteroatoms. The maximum absolute atomic E-state index is 10.9. The highest BCUT2D eigenvalue weighted by molar-refractivity contribution is 9.10. The molecule has 0 aromatic heterocycles. The number of halogens is 1. The smallest absolute Gasteiger partial charge is 0.336 e. The Balaban J connectivity index is 2.02. The van der Waals surface area contributed by atoms with Crippen molar-refractivity contribution in [1.29, 1.82) is 0 Å². The van der Waals surface area contributed by atoms with Crippen LogP contribution in [0.15, 0.2) is 22.7 Å². The molecule has 98 valence electrons. The Labute approximate surface area is 116 Å². The molecule has 0 unspecified atom stereocenters. The molecule has 0 saturated heterocycles. The standard InChI is InChI=1S/C14H18BrNO2/c1-14(6-2-3-7-14)9-16-10-4-5-11(13(17)18)12(15)8-10/h4-5,8,16H,2-3,6-7,9H2,1H3,(H,17,18). The predicted molar refractivity (Wildman–Crippen MR) is 76.2 cm³/mol. The van der Waals surface area contributed by atoms with Gasteiger partial charge >= 0.3 is 5.97 Å². The molecule has 0 atom stereocenters. The summed E-state index contributed by atoms with van der Waals surface area (Å²) in [5.74, 6) is -0.906. The predicted octanol–water partition coefficient (Wildman–Crippen LogP) is 4.14. The Morgan fingerprint density at radius 3 is 2.67 bits per heavy atom. The van der Waals surface area contributed by atoms with E-state index in [0.717, 1.165) is 12.2 Å². The highest BCUT2D eigenvalue weighted by Gasteiger charge is 2.28. The van der Waals surface area contributed by atoms with Crippen LogP contribution in [-0.2, 0) is 0 Å². The van der Waals surface area contributed by atoms with Crippen molar-refractivity contribution in [3.05, 3.63) is 28.2 Å². The molecule has 2 rings (SSSR count). The molecule has 1 saturated carbocycles. The maximum Gasteiger partial charge on any atom is 0.336 e. The van der Waals surface area contributed by atoms with Gasteiger partial charge in [-0.3, -0.25) is 0 Å². The number of aromatic carboxylic acids is 1. The van der Waals surface area contributed by atoms with Crippen LogP contribution in [0.5, 0.6) is 0 Å². The molecule has 0 aliphatic heterocycles. The van der Waals surface area contributed by atoms with Crippen molar-refractivity contribution in [3.8, 4) is 0 Å². The first-order valence-electron chi connectivity index (χ1n) is 6.27. The van der Waals surface area contributed by atoms with Gasteiger partial charge in [-0.1, -0.05) is 19.8 Å². The molecule has 0 spiro atoms. The van der Waals surface area contributed by atoms with Crippen molar-refractivity contribution >= 4 is 27.6 Å². The first kappa shape index (κ1) is 13.4. The van der Waals surface area contributed by atoms with Gasteiger partial charge in [0, 0.05) is 16.7 Å². The van der Waals surface area contributed by atoms with E-state index in [1.54, 1.807) is 6.07 Å². The minimum absolute atomic E-state index is 0.299. The van der Waals surface area contributed by atoms with Crippen LogP contribution in [0.4, 0.5) is 5.69 Å². The van der Waals surface area contributed by atoms with E-state index in [9.17, 15) is 4.79 Å². The summed E-state index contributed by atoms with van der Waals surface area (Å²) in [6, 6.07) is 5.29. The zero-order chi connectivity index (χ0) is 13.2. The van der Waals surface area contributed by atoms with Gasteiger partial charge in [0.05, 0.1) is 5.56 Å². The Morgan fingerprint density at radius 2 is 2.11 bits per heavy atom. The summed E-state index contributed by atoms with van der Waals surface area (Å²) >= 11 is 3.29. The summed E-state index contributed by atoms with van der Waals surface area (Å²) in [6.07, 6.45) is 5.18. The second kappa shape index (κ2) is 5.31. The van der Waals surface area contributed by atoms with Crippen LogP contribution in [0, 0.1) is 5.41 Å². The van der Waals surface area contributed by atoms with Crippen molar-refractivity contribution < 1.29 is 9.90 Å². The lowest BCUT2D eigenvalue weighted by Crippen LogP contribution is -2.22. The topological polar surface area (TPSA) is 49.3 Å². The van der Waals surface area contributed by atoms with Crippen molar-refractivity contribution in [1.82, 2.24) is 0 Å². The minimum atomic E-state index is -0.906. The first-order chi connectivity index (χ1) is 8.50. The van der Waals surface area contributed by atoms with Crippen LogP contribution in [0.3, 0.4) is 0 Å². The van der Waals surface area contributed by atoms with Gasteiger partial charge in [-0.2, -0.15) is 0 Å². The molecule has 2 N–H and O–H groups in total. The van der Waals surface area contributed by atoms with Gasteiger partial charge in [-0.25, -0.2) is 4.79 Å². The molecule has 0 bridgehead atoms. The second-order valence-electron chi connectivity index (χ2n) is 5.37. The van der Waals surface area contributed by atoms with Crippen LogP contribution < -0.4 is 5.32 Å². The average Bonchev–Trinajstić information content (AvgIpc) is 2.74. The molecule has 1 aliphatic rings. The Morgan fingerprint density at radius 1 is 1.44 bits per heavy atom. The normalized spacial score (nSPS) is 17.7. The quantitative estimate of drug-likeness (QED) is 0.878. The van der Waals surface area contributed by atoms with E-state index in [-0.39, 0.29) is 0 Å². The number of rotatable bonds is 4. The number of carboxylic acids is 1. The number of nitrogens with one attached hydrogen (secondary N) is 1. The van der Waals surface area contributed by atoms with Crippen molar-refractivity contribution in [3.63, 3.8) is 0 Å². The third-order valence-electron chi connectivity index (χ3n) is 3.73. The SMILES string of the molecule is CC1(CNc2ccc(C(=O)O)c(Br)c2)CCCC1. The molecule has 1 aromatic carbocycles. The monoisotopic (exact) mass is 311 g/mol. The largest absolute Gasteiger partial charge is 0.478 e. The van der Waals surface area contributed by atoms with Gasteiger partial charge < -0.3 is 10.4 Å². The van der Waals surface area contributed by atoms with E-state index < -0.39 is 5.97 Å². The van der Waals surface area contributed by atoms with Crippen molar-refractivity contribution in [2.24, 2.45) is 5.41 Å². The molecule has 0 heterocycles. The molecule has 18 heavy (non-hydrogen) atoms. The van der Waals surface area contributed by atoms with E-state index in [1.165, 1.54) is 25.7 Å². The lowest BCUT2D eigenvalue weighted by atomic mass is 9.89. The molecule has 1 aromatic rings. The van der Waals surface area contributed by atoms with Crippen LogP contribution in [0.25, 0.3) is 0 Å². The average molecular weight is 312 g/mol. The Bertz CT molecular complexity index is 453. The molecule has 3 nitrogen and oxygen atoms in total. The number of carboxylic acid groups (broad SMARTS) is 1. The van der Waals surface area contributed by atoms with E-state index in [1.807, 2.05) is 12.1 Å². The third-order valence-corrected chi connectivity index (χ3v) is 4.39. The van der Waals surface area contributed by atoms with Gasteiger partial charge in [-0.15, -0.1) is 0 Å². The van der Waals surface area contributed by atoms with Crippen molar-refractivity contribution in [2.75, 3.05) is 11.9 Å². The highest BCUT2D eigenvalue weighted by atomic mass is 79.9. The minimum Gasteiger partial charge on any atom is -0.478 e. The van der Waals surface area contributed by atoms with Crippen LogP contribution >= 0.6 is 15.9 Å². The molecule has 1 aliphatic carbocycles. The first-order valence-corrected chi connectivity index (χ1v) is 7.06.